The first-order valence-electron chi connectivity index (χ1n) is 11.2. The lowest BCUT2D eigenvalue weighted by Crippen LogP contribution is -2.37. The number of rotatable bonds is 8. The molecule has 0 aliphatic heterocycles. The fourth-order valence-electron chi connectivity index (χ4n) is 4.08. The Bertz CT molecular complexity index is 1700. The van der Waals surface area contributed by atoms with E-state index in [9.17, 15) is 28.1 Å². The third-order valence-electron chi connectivity index (χ3n) is 5.86. The Hall–Kier alpha value is -4.91. The van der Waals surface area contributed by atoms with Gasteiger partial charge in [-0.3, -0.25) is 14.9 Å². The summed E-state index contributed by atoms with van der Waals surface area (Å²) < 4.78 is 49.6. The van der Waals surface area contributed by atoms with Crippen LogP contribution in [0.25, 0.3) is 11.0 Å². The van der Waals surface area contributed by atoms with Crippen LogP contribution in [0.4, 0.5) is 11.4 Å². The number of esters is 1. The molecule has 13 heteroatoms. The number of furan rings is 1. The number of hydrogen-bond donors (Lipinski definition) is 0. The Kier molecular flexibility index (Phi) is 7.27. The number of nitro benzene ring substituents is 1. The Morgan fingerprint density at radius 1 is 0.923 bits per heavy atom. The minimum absolute atomic E-state index is 0.0223. The van der Waals surface area contributed by atoms with E-state index < -0.39 is 37.4 Å². The summed E-state index contributed by atoms with van der Waals surface area (Å²) in [7, 11) is -1.01. The zero-order chi connectivity index (χ0) is 28.5. The van der Waals surface area contributed by atoms with Gasteiger partial charge in [0.05, 0.1) is 36.8 Å². The molecule has 0 N–H and O–H groups in total. The molecule has 1 amide bonds. The van der Waals surface area contributed by atoms with E-state index in [1.807, 2.05) is 0 Å². The molecule has 0 radical (unpaired) electrons. The molecule has 0 atom stereocenters. The van der Waals surface area contributed by atoms with Gasteiger partial charge in [0, 0.05) is 17.5 Å². The molecule has 3 aromatic carbocycles. The van der Waals surface area contributed by atoms with E-state index in [0.29, 0.717) is 4.31 Å². The number of ether oxygens (including phenoxy) is 3. The number of carbonyl (C=O) groups excluding carboxylic acids is 2. The van der Waals surface area contributed by atoms with Gasteiger partial charge in [0.25, 0.3) is 21.6 Å². The van der Waals surface area contributed by atoms with Crippen molar-refractivity contribution >= 4 is 44.2 Å². The molecule has 0 unspecified atom stereocenters. The minimum Gasteiger partial charge on any atom is -0.496 e. The van der Waals surface area contributed by atoms with Gasteiger partial charge in [0.15, 0.2) is 0 Å². The summed E-state index contributed by atoms with van der Waals surface area (Å²) in [6, 6.07) is 12.7. The molecule has 4 aromatic rings. The standard InChI is InChI=1S/C26H22N2O10S/c1-15-23(26(30)37-4)19-14-16(11-12-20(19)38-15)27(25(29)24-21(35-2)9-6-10-22(24)36-3)39(33,34)18-8-5-7-17(13-18)28(31)32/h5-14H,1-4H3. The van der Waals surface area contributed by atoms with Crippen LogP contribution in [0.1, 0.15) is 26.5 Å². The Morgan fingerprint density at radius 2 is 1.56 bits per heavy atom. The van der Waals surface area contributed by atoms with Crippen LogP contribution in [0, 0.1) is 17.0 Å². The number of amides is 1. The third-order valence-corrected chi connectivity index (χ3v) is 7.57. The highest BCUT2D eigenvalue weighted by molar-refractivity contribution is 7.93. The Labute approximate surface area is 222 Å². The molecule has 0 spiro atoms. The van der Waals surface area contributed by atoms with Crippen molar-refractivity contribution in [2.75, 3.05) is 25.6 Å². The van der Waals surface area contributed by atoms with Crippen molar-refractivity contribution in [3.63, 3.8) is 0 Å². The van der Waals surface area contributed by atoms with Gasteiger partial charge in [-0.2, -0.15) is 4.31 Å². The number of aryl methyl sites for hydroxylation is 1. The van der Waals surface area contributed by atoms with Gasteiger partial charge in [0.2, 0.25) is 0 Å². The molecule has 4 rings (SSSR count). The summed E-state index contributed by atoms with van der Waals surface area (Å²) in [5.41, 5.74) is -0.602. The summed E-state index contributed by atoms with van der Waals surface area (Å²) >= 11 is 0. The minimum atomic E-state index is -4.79. The molecule has 0 saturated carbocycles. The lowest BCUT2D eigenvalue weighted by atomic mass is 10.1. The van der Waals surface area contributed by atoms with Crippen molar-refractivity contribution in [2.24, 2.45) is 0 Å². The van der Waals surface area contributed by atoms with E-state index in [0.717, 1.165) is 18.2 Å². The number of methoxy groups -OCH3 is 3. The topological polar surface area (TPSA) is 155 Å². The second kappa shape index (κ2) is 10.5. The fraction of sp³-hybridized carbons (Fsp3) is 0.154. The smallest absolute Gasteiger partial charge is 0.342 e. The van der Waals surface area contributed by atoms with Crippen molar-refractivity contribution in [3.05, 3.63) is 87.7 Å². The monoisotopic (exact) mass is 554 g/mol. The van der Waals surface area contributed by atoms with Crippen molar-refractivity contribution < 1.29 is 41.6 Å². The van der Waals surface area contributed by atoms with Gasteiger partial charge in [-0.1, -0.05) is 12.1 Å². The van der Waals surface area contributed by atoms with E-state index >= 15 is 0 Å². The number of carbonyl (C=O) groups is 2. The van der Waals surface area contributed by atoms with E-state index in [2.05, 4.69) is 0 Å². The van der Waals surface area contributed by atoms with Crippen LogP contribution in [-0.2, 0) is 14.8 Å². The van der Waals surface area contributed by atoms with Gasteiger partial charge in [-0.25, -0.2) is 13.2 Å². The molecule has 1 aromatic heterocycles. The zero-order valence-electron chi connectivity index (χ0n) is 21.2. The van der Waals surface area contributed by atoms with Gasteiger partial charge in [-0.05, 0) is 43.3 Å². The number of nitrogens with zero attached hydrogens (tertiary/aromatic N) is 2. The average Bonchev–Trinajstić information content (AvgIpc) is 3.26. The third kappa shape index (κ3) is 4.75. The number of sulfonamides is 1. The van der Waals surface area contributed by atoms with Gasteiger partial charge >= 0.3 is 5.97 Å². The molecule has 0 saturated heterocycles. The van der Waals surface area contributed by atoms with Gasteiger partial charge in [0.1, 0.15) is 34.0 Å². The highest BCUT2D eigenvalue weighted by atomic mass is 32.2. The summed E-state index contributed by atoms with van der Waals surface area (Å²) in [6.45, 7) is 1.54. The normalized spacial score (nSPS) is 11.2. The summed E-state index contributed by atoms with van der Waals surface area (Å²) in [5, 5.41) is 11.6. The lowest BCUT2D eigenvalue weighted by Gasteiger charge is -2.24. The summed E-state index contributed by atoms with van der Waals surface area (Å²) in [5.74, 6) is -1.54. The van der Waals surface area contributed by atoms with Crippen molar-refractivity contribution in [2.45, 2.75) is 11.8 Å². The molecule has 0 aliphatic carbocycles. The molecule has 0 bridgehead atoms. The van der Waals surface area contributed by atoms with Crippen LogP contribution >= 0.6 is 0 Å². The van der Waals surface area contributed by atoms with E-state index in [1.165, 1.54) is 64.7 Å². The van der Waals surface area contributed by atoms with Crippen LogP contribution in [0.2, 0.25) is 0 Å². The van der Waals surface area contributed by atoms with E-state index in [1.54, 1.807) is 6.07 Å². The molecule has 1 heterocycles. The molecule has 0 aliphatic rings. The van der Waals surface area contributed by atoms with Crippen molar-refractivity contribution in [1.29, 1.82) is 0 Å². The first-order chi connectivity index (χ1) is 18.5. The number of fused-ring (bicyclic) bond motifs is 1. The molecule has 39 heavy (non-hydrogen) atoms. The number of anilines is 1. The largest absolute Gasteiger partial charge is 0.496 e. The summed E-state index contributed by atoms with van der Waals surface area (Å²) in [4.78, 5) is 36.6. The first kappa shape index (κ1) is 27.1. The first-order valence-corrected chi connectivity index (χ1v) is 12.7. The Morgan fingerprint density at radius 3 is 2.15 bits per heavy atom. The molecular weight excluding hydrogens is 532 g/mol. The second-order valence-electron chi connectivity index (χ2n) is 8.07. The lowest BCUT2D eigenvalue weighted by molar-refractivity contribution is -0.385. The quantitative estimate of drug-likeness (QED) is 0.173. The Balaban J connectivity index is 2.03. The maximum absolute atomic E-state index is 14.1. The predicted octanol–water partition coefficient (Wildman–Crippen LogP) is 4.49. The van der Waals surface area contributed by atoms with Crippen LogP contribution in [0.3, 0.4) is 0 Å². The van der Waals surface area contributed by atoms with E-state index in [-0.39, 0.29) is 45.0 Å². The highest BCUT2D eigenvalue weighted by Crippen LogP contribution is 2.37. The number of nitro groups is 1. The van der Waals surface area contributed by atoms with Crippen LogP contribution in [0.15, 0.2) is 70.0 Å². The predicted molar refractivity (Wildman–Crippen MR) is 139 cm³/mol. The second-order valence-corrected chi connectivity index (χ2v) is 9.86. The van der Waals surface area contributed by atoms with Crippen LogP contribution in [0.5, 0.6) is 11.5 Å². The zero-order valence-corrected chi connectivity index (χ0v) is 22.0. The maximum atomic E-state index is 14.1. The van der Waals surface area contributed by atoms with Crippen molar-refractivity contribution in [1.82, 2.24) is 0 Å². The fourth-order valence-corrected chi connectivity index (χ4v) is 5.51. The van der Waals surface area contributed by atoms with E-state index in [4.69, 9.17) is 18.6 Å². The number of hydrogen-bond acceptors (Lipinski definition) is 10. The van der Waals surface area contributed by atoms with Gasteiger partial charge < -0.3 is 18.6 Å². The highest BCUT2D eigenvalue weighted by Gasteiger charge is 2.36. The molecule has 202 valence electrons. The molecule has 12 nitrogen and oxygen atoms in total. The van der Waals surface area contributed by atoms with Crippen LogP contribution in [-0.4, -0.2) is 46.5 Å². The average molecular weight is 555 g/mol. The number of non-ortho nitro benzene ring substituents is 1. The SMILES string of the molecule is COC(=O)c1c(C)oc2ccc(N(C(=O)c3c(OC)cccc3OC)S(=O)(=O)c3cccc([N+](=O)[O-])c3)cc12. The van der Waals surface area contributed by atoms with Crippen molar-refractivity contribution in [3.8, 4) is 11.5 Å². The maximum Gasteiger partial charge on any atom is 0.342 e. The van der Waals surface area contributed by atoms with Gasteiger partial charge in [-0.15, -0.1) is 0 Å². The molecule has 0 fully saturated rings. The number of benzene rings is 3. The molecular formula is C26H22N2O10S. The summed E-state index contributed by atoms with van der Waals surface area (Å²) in [6.07, 6.45) is 0. The van der Waals surface area contributed by atoms with Crippen LogP contribution < -0.4 is 13.8 Å².